The van der Waals surface area contributed by atoms with Crippen molar-refractivity contribution in [1.29, 1.82) is 0 Å². The van der Waals surface area contributed by atoms with Gasteiger partial charge in [-0.2, -0.15) is 0 Å². The Kier molecular flexibility index (Phi) is 6.85. The summed E-state index contributed by atoms with van der Waals surface area (Å²) < 4.78 is 5.25. The lowest BCUT2D eigenvalue weighted by atomic mass is 10.2. The molecule has 3 aromatic rings. The summed E-state index contributed by atoms with van der Waals surface area (Å²) in [5, 5.41) is 7.80. The maximum absolute atomic E-state index is 12.9. The van der Waals surface area contributed by atoms with Crippen LogP contribution in [0.1, 0.15) is 53.1 Å². The zero-order valence-corrected chi connectivity index (χ0v) is 18.9. The largest absolute Gasteiger partial charge is 0.361 e. The van der Waals surface area contributed by atoms with E-state index in [1.54, 1.807) is 11.8 Å². The lowest BCUT2D eigenvalue weighted by Crippen LogP contribution is -2.13. The third kappa shape index (κ3) is 5.10. The predicted octanol–water partition coefficient (Wildman–Crippen LogP) is 6.87. The van der Waals surface area contributed by atoms with Gasteiger partial charge in [-0.3, -0.25) is 4.79 Å². The summed E-state index contributed by atoms with van der Waals surface area (Å²) in [6, 6.07) is 15.9. The zero-order valence-electron chi connectivity index (χ0n) is 17.3. The fourth-order valence-electron chi connectivity index (χ4n) is 3.65. The molecule has 0 unspecified atom stereocenters. The van der Waals surface area contributed by atoms with Crippen molar-refractivity contribution in [2.75, 3.05) is 5.32 Å². The number of carbonyl (C=O) groups is 1. The molecule has 4 nitrogen and oxygen atoms in total. The van der Waals surface area contributed by atoms with E-state index in [4.69, 9.17) is 4.52 Å². The van der Waals surface area contributed by atoms with Gasteiger partial charge in [0.2, 0.25) is 0 Å². The maximum Gasteiger partial charge on any atom is 0.256 e. The number of nitrogens with one attached hydrogen (secondary N) is 1. The van der Waals surface area contributed by atoms with Crippen LogP contribution in [0, 0.1) is 13.8 Å². The van der Waals surface area contributed by atoms with Crippen LogP contribution in [0.25, 0.3) is 0 Å². The highest BCUT2D eigenvalue weighted by Crippen LogP contribution is 2.35. The SMILES string of the molecule is Cc1noc(C)c1CSc1ccccc1C(=O)Nc1ccc(SC2CCCC2)cc1. The highest BCUT2D eigenvalue weighted by atomic mass is 32.2. The molecule has 0 saturated heterocycles. The molecule has 2 aromatic carbocycles. The number of aromatic nitrogens is 1. The summed E-state index contributed by atoms with van der Waals surface area (Å²) in [5.41, 5.74) is 3.49. The first-order valence-corrected chi connectivity index (χ1v) is 12.2. The van der Waals surface area contributed by atoms with Crippen LogP contribution in [0.15, 0.2) is 62.8 Å². The summed E-state index contributed by atoms with van der Waals surface area (Å²) in [5.74, 6) is 1.46. The third-order valence-corrected chi connectivity index (χ3v) is 7.85. The molecule has 156 valence electrons. The van der Waals surface area contributed by atoms with Gasteiger partial charge < -0.3 is 9.84 Å². The predicted molar refractivity (Wildman–Crippen MR) is 124 cm³/mol. The van der Waals surface area contributed by atoms with Crippen molar-refractivity contribution in [1.82, 2.24) is 5.16 Å². The second kappa shape index (κ2) is 9.75. The first-order valence-electron chi connectivity index (χ1n) is 10.3. The van der Waals surface area contributed by atoms with E-state index in [0.717, 1.165) is 38.6 Å². The second-order valence-electron chi connectivity index (χ2n) is 7.59. The van der Waals surface area contributed by atoms with Crippen LogP contribution >= 0.6 is 23.5 Å². The van der Waals surface area contributed by atoms with Gasteiger partial charge in [0.15, 0.2) is 0 Å². The average Bonchev–Trinajstić information content (AvgIpc) is 3.38. The van der Waals surface area contributed by atoms with Gasteiger partial charge in [0.25, 0.3) is 5.91 Å². The van der Waals surface area contributed by atoms with E-state index in [1.807, 2.05) is 62.0 Å². The first kappa shape index (κ1) is 21.1. The van der Waals surface area contributed by atoms with Gasteiger partial charge in [0.1, 0.15) is 5.76 Å². The molecule has 1 amide bonds. The molecule has 0 atom stereocenters. The smallest absolute Gasteiger partial charge is 0.256 e. The Morgan fingerprint density at radius 2 is 1.83 bits per heavy atom. The van der Waals surface area contributed by atoms with Crippen LogP contribution in [0.2, 0.25) is 0 Å². The Morgan fingerprint density at radius 3 is 2.53 bits per heavy atom. The monoisotopic (exact) mass is 438 g/mol. The molecule has 1 heterocycles. The van der Waals surface area contributed by atoms with E-state index in [1.165, 1.54) is 30.6 Å². The van der Waals surface area contributed by atoms with Crippen molar-refractivity contribution in [3.05, 3.63) is 71.1 Å². The number of nitrogens with zero attached hydrogens (tertiary/aromatic N) is 1. The quantitative estimate of drug-likeness (QED) is 0.408. The minimum absolute atomic E-state index is 0.0898. The molecule has 1 aliphatic carbocycles. The number of thioether (sulfide) groups is 2. The molecule has 1 saturated carbocycles. The highest BCUT2D eigenvalue weighted by molar-refractivity contribution is 8.00. The Morgan fingerprint density at radius 1 is 1.10 bits per heavy atom. The number of benzene rings is 2. The van der Waals surface area contributed by atoms with E-state index in [2.05, 4.69) is 22.6 Å². The Bertz CT molecular complexity index is 989. The lowest BCUT2D eigenvalue weighted by Gasteiger charge is -2.11. The van der Waals surface area contributed by atoms with E-state index in [9.17, 15) is 4.79 Å². The molecule has 6 heteroatoms. The van der Waals surface area contributed by atoms with Crippen LogP contribution in [0.4, 0.5) is 5.69 Å². The van der Waals surface area contributed by atoms with E-state index < -0.39 is 0 Å². The molecular weight excluding hydrogens is 412 g/mol. The number of hydrogen-bond acceptors (Lipinski definition) is 5. The van der Waals surface area contributed by atoms with Crippen LogP contribution < -0.4 is 5.32 Å². The normalized spacial score (nSPS) is 14.2. The van der Waals surface area contributed by atoms with Crippen LogP contribution in [-0.2, 0) is 5.75 Å². The summed E-state index contributed by atoms with van der Waals surface area (Å²) in [6.07, 6.45) is 5.32. The van der Waals surface area contributed by atoms with Gasteiger partial charge in [-0.15, -0.1) is 23.5 Å². The molecule has 1 aromatic heterocycles. The number of anilines is 1. The molecule has 30 heavy (non-hydrogen) atoms. The molecule has 1 fully saturated rings. The van der Waals surface area contributed by atoms with E-state index in [0.29, 0.717) is 5.56 Å². The lowest BCUT2D eigenvalue weighted by molar-refractivity contribution is 0.102. The van der Waals surface area contributed by atoms with Gasteiger partial charge in [0.05, 0.1) is 11.3 Å². The van der Waals surface area contributed by atoms with Gasteiger partial charge in [-0.25, -0.2) is 0 Å². The molecule has 0 radical (unpaired) electrons. The van der Waals surface area contributed by atoms with Crippen LogP contribution in [0.3, 0.4) is 0 Å². The maximum atomic E-state index is 12.9. The van der Waals surface area contributed by atoms with Crippen LogP contribution in [0.5, 0.6) is 0 Å². The molecule has 0 aliphatic heterocycles. The number of aryl methyl sites for hydroxylation is 2. The van der Waals surface area contributed by atoms with Gasteiger partial charge in [-0.05, 0) is 63.1 Å². The minimum atomic E-state index is -0.0898. The summed E-state index contributed by atoms with van der Waals surface area (Å²) in [6.45, 7) is 3.86. The minimum Gasteiger partial charge on any atom is -0.361 e. The molecule has 0 bridgehead atoms. The van der Waals surface area contributed by atoms with E-state index in [-0.39, 0.29) is 5.91 Å². The summed E-state index contributed by atoms with van der Waals surface area (Å²) in [4.78, 5) is 15.2. The van der Waals surface area contributed by atoms with Crippen molar-refractivity contribution in [3.63, 3.8) is 0 Å². The zero-order chi connectivity index (χ0) is 20.9. The number of hydrogen-bond donors (Lipinski definition) is 1. The number of amides is 1. The van der Waals surface area contributed by atoms with Crippen molar-refractivity contribution in [3.8, 4) is 0 Å². The van der Waals surface area contributed by atoms with Crippen molar-refractivity contribution in [2.24, 2.45) is 0 Å². The third-order valence-electron chi connectivity index (χ3n) is 5.40. The fraction of sp³-hybridized carbons (Fsp3) is 0.333. The van der Waals surface area contributed by atoms with Gasteiger partial charge in [0, 0.05) is 32.0 Å². The topological polar surface area (TPSA) is 55.1 Å². The van der Waals surface area contributed by atoms with Crippen molar-refractivity contribution < 1.29 is 9.32 Å². The fourth-order valence-corrected chi connectivity index (χ4v) is 6.10. The molecule has 4 rings (SSSR count). The van der Waals surface area contributed by atoms with Crippen molar-refractivity contribution >= 4 is 35.1 Å². The van der Waals surface area contributed by atoms with Gasteiger partial charge >= 0.3 is 0 Å². The highest BCUT2D eigenvalue weighted by Gasteiger charge is 2.17. The number of carbonyl (C=O) groups excluding carboxylic acids is 1. The first-order chi connectivity index (χ1) is 14.6. The van der Waals surface area contributed by atoms with Crippen LogP contribution in [-0.4, -0.2) is 16.3 Å². The molecule has 1 N–H and O–H groups in total. The Hall–Kier alpha value is -2.18. The molecule has 1 aliphatic rings. The second-order valence-corrected chi connectivity index (χ2v) is 9.98. The van der Waals surface area contributed by atoms with E-state index >= 15 is 0 Å². The molecule has 0 spiro atoms. The number of rotatable bonds is 7. The Balaban J connectivity index is 1.41. The van der Waals surface area contributed by atoms with Gasteiger partial charge in [-0.1, -0.05) is 30.1 Å². The molecular formula is C24H26N2O2S2. The standard InChI is InChI=1S/C24H26N2O2S2/c1-16-22(17(2)28-26-16)15-29-23-10-6-5-9-21(23)24(27)25-18-11-13-20(14-12-18)30-19-7-3-4-8-19/h5-6,9-14,19H,3-4,7-8,15H2,1-2H3,(H,25,27). The average molecular weight is 439 g/mol. The Labute approximate surface area is 186 Å². The van der Waals surface area contributed by atoms with Crippen molar-refractivity contribution in [2.45, 2.75) is 60.3 Å². The summed E-state index contributed by atoms with van der Waals surface area (Å²) in [7, 11) is 0. The summed E-state index contributed by atoms with van der Waals surface area (Å²) >= 11 is 3.58.